The lowest BCUT2D eigenvalue weighted by Crippen LogP contribution is -2.22. The predicted octanol–water partition coefficient (Wildman–Crippen LogP) is 3.59. The normalized spacial score (nSPS) is 13.9. The summed E-state index contributed by atoms with van der Waals surface area (Å²) in [4.78, 5) is 13.3. The average Bonchev–Trinajstić information content (AvgIpc) is 2.61. The van der Waals surface area contributed by atoms with Crippen LogP contribution in [-0.4, -0.2) is 31.5 Å². The number of ether oxygens (including phenoxy) is 3. The van der Waals surface area contributed by atoms with Crippen molar-refractivity contribution in [3.8, 4) is 17.2 Å². The third-order valence-electron chi connectivity index (χ3n) is 3.53. The SMILES string of the molecule is COc1cccc(NC(=O)[C@@H](C)Sc2ccc3c(c2)OCCO3)c1. The van der Waals surface area contributed by atoms with Crippen LogP contribution >= 0.6 is 11.8 Å². The standard InChI is InChI=1S/C18H19NO4S/c1-12(18(20)19-13-4-3-5-14(10-13)21-2)24-15-6-7-16-17(11-15)23-9-8-22-16/h3-7,10-12H,8-9H2,1-2H3,(H,19,20)/t12-/m1/s1. The molecule has 24 heavy (non-hydrogen) atoms. The molecule has 1 N–H and O–H groups in total. The molecule has 126 valence electrons. The summed E-state index contributed by atoms with van der Waals surface area (Å²) in [5.74, 6) is 2.12. The van der Waals surface area contributed by atoms with E-state index in [1.54, 1.807) is 13.2 Å². The third kappa shape index (κ3) is 3.94. The number of hydrogen-bond acceptors (Lipinski definition) is 5. The van der Waals surface area contributed by atoms with Crippen molar-refractivity contribution < 1.29 is 19.0 Å². The fraction of sp³-hybridized carbons (Fsp3) is 0.278. The first-order valence-electron chi connectivity index (χ1n) is 7.67. The van der Waals surface area contributed by atoms with E-state index in [1.165, 1.54) is 11.8 Å². The lowest BCUT2D eigenvalue weighted by atomic mass is 10.3. The Morgan fingerprint density at radius 1 is 1.17 bits per heavy atom. The minimum Gasteiger partial charge on any atom is -0.497 e. The van der Waals surface area contributed by atoms with Gasteiger partial charge in [0, 0.05) is 16.6 Å². The molecule has 0 saturated heterocycles. The van der Waals surface area contributed by atoms with Gasteiger partial charge < -0.3 is 19.5 Å². The van der Waals surface area contributed by atoms with Crippen LogP contribution in [-0.2, 0) is 4.79 Å². The van der Waals surface area contributed by atoms with E-state index in [9.17, 15) is 4.79 Å². The van der Waals surface area contributed by atoms with Gasteiger partial charge in [-0.1, -0.05) is 6.07 Å². The molecule has 0 aromatic heterocycles. The number of anilines is 1. The molecule has 0 saturated carbocycles. The Labute approximate surface area is 145 Å². The quantitative estimate of drug-likeness (QED) is 0.840. The average molecular weight is 345 g/mol. The van der Waals surface area contributed by atoms with Crippen molar-refractivity contribution in [3.63, 3.8) is 0 Å². The molecule has 0 radical (unpaired) electrons. The Morgan fingerprint density at radius 3 is 2.75 bits per heavy atom. The van der Waals surface area contributed by atoms with Crippen LogP contribution in [0.2, 0.25) is 0 Å². The maximum absolute atomic E-state index is 12.4. The van der Waals surface area contributed by atoms with Gasteiger partial charge in [0.25, 0.3) is 0 Å². The Balaban J connectivity index is 1.63. The molecule has 3 rings (SSSR count). The van der Waals surface area contributed by atoms with E-state index >= 15 is 0 Å². The number of thioether (sulfide) groups is 1. The van der Waals surface area contributed by atoms with Crippen molar-refractivity contribution in [2.24, 2.45) is 0 Å². The second-order valence-corrected chi connectivity index (χ2v) is 6.70. The second kappa shape index (κ2) is 7.49. The van der Waals surface area contributed by atoms with E-state index in [0.29, 0.717) is 24.7 Å². The molecule has 2 aromatic rings. The summed E-state index contributed by atoms with van der Waals surface area (Å²) in [6, 6.07) is 13.0. The van der Waals surface area contributed by atoms with Crippen molar-refractivity contribution in [1.82, 2.24) is 0 Å². The zero-order valence-corrected chi connectivity index (χ0v) is 14.4. The molecule has 5 nitrogen and oxygen atoms in total. The number of amides is 1. The molecule has 0 unspecified atom stereocenters. The number of fused-ring (bicyclic) bond motifs is 1. The number of nitrogens with one attached hydrogen (secondary N) is 1. The summed E-state index contributed by atoms with van der Waals surface area (Å²) < 4.78 is 16.2. The Kier molecular flexibility index (Phi) is 5.15. The number of carbonyl (C=O) groups is 1. The van der Waals surface area contributed by atoms with E-state index in [2.05, 4.69) is 5.32 Å². The smallest absolute Gasteiger partial charge is 0.237 e. The zero-order chi connectivity index (χ0) is 16.9. The van der Waals surface area contributed by atoms with Gasteiger partial charge in [-0.15, -0.1) is 11.8 Å². The number of methoxy groups -OCH3 is 1. The summed E-state index contributed by atoms with van der Waals surface area (Å²) >= 11 is 1.47. The lowest BCUT2D eigenvalue weighted by molar-refractivity contribution is -0.115. The van der Waals surface area contributed by atoms with E-state index in [-0.39, 0.29) is 11.2 Å². The van der Waals surface area contributed by atoms with Crippen LogP contribution < -0.4 is 19.5 Å². The van der Waals surface area contributed by atoms with Gasteiger partial charge in [0.1, 0.15) is 19.0 Å². The van der Waals surface area contributed by atoms with E-state index in [0.717, 1.165) is 16.4 Å². The topological polar surface area (TPSA) is 56.8 Å². The maximum atomic E-state index is 12.4. The number of hydrogen-bond donors (Lipinski definition) is 1. The molecule has 0 aliphatic carbocycles. The summed E-state index contributed by atoms with van der Waals surface area (Å²) in [5.41, 5.74) is 0.717. The molecule has 0 bridgehead atoms. The third-order valence-corrected chi connectivity index (χ3v) is 4.63. The lowest BCUT2D eigenvalue weighted by Gasteiger charge is -2.19. The highest BCUT2D eigenvalue weighted by Gasteiger charge is 2.17. The van der Waals surface area contributed by atoms with Crippen LogP contribution in [0.15, 0.2) is 47.4 Å². The van der Waals surface area contributed by atoms with Crippen LogP contribution in [0.4, 0.5) is 5.69 Å². The molecular weight excluding hydrogens is 326 g/mol. The van der Waals surface area contributed by atoms with Crippen molar-refractivity contribution in [2.75, 3.05) is 25.6 Å². The van der Waals surface area contributed by atoms with Crippen LogP contribution in [0.1, 0.15) is 6.92 Å². The van der Waals surface area contributed by atoms with Gasteiger partial charge >= 0.3 is 0 Å². The van der Waals surface area contributed by atoms with Crippen molar-refractivity contribution in [1.29, 1.82) is 0 Å². The minimum atomic E-state index is -0.251. The van der Waals surface area contributed by atoms with E-state index in [1.807, 2.05) is 43.3 Å². The number of carbonyl (C=O) groups excluding carboxylic acids is 1. The van der Waals surface area contributed by atoms with Gasteiger partial charge in [-0.05, 0) is 37.3 Å². The van der Waals surface area contributed by atoms with Gasteiger partial charge in [-0.2, -0.15) is 0 Å². The maximum Gasteiger partial charge on any atom is 0.237 e. The molecule has 2 aromatic carbocycles. The second-order valence-electron chi connectivity index (χ2n) is 5.29. The fourth-order valence-electron chi connectivity index (χ4n) is 2.30. The molecular formula is C18H19NO4S. The summed E-state index contributed by atoms with van der Waals surface area (Å²) in [5, 5.41) is 2.65. The molecule has 1 aliphatic heterocycles. The van der Waals surface area contributed by atoms with Crippen molar-refractivity contribution >= 4 is 23.4 Å². The first-order chi connectivity index (χ1) is 11.7. The number of rotatable bonds is 5. The number of benzene rings is 2. The molecule has 1 atom stereocenters. The monoisotopic (exact) mass is 345 g/mol. The first kappa shape index (κ1) is 16.5. The predicted molar refractivity (Wildman–Crippen MR) is 94.4 cm³/mol. The first-order valence-corrected chi connectivity index (χ1v) is 8.55. The highest BCUT2D eigenvalue weighted by atomic mass is 32.2. The van der Waals surface area contributed by atoms with Crippen molar-refractivity contribution in [2.45, 2.75) is 17.1 Å². The van der Waals surface area contributed by atoms with Gasteiger partial charge in [0.05, 0.1) is 12.4 Å². The van der Waals surface area contributed by atoms with Crippen LogP contribution in [0.3, 0.4) is 0 Å². The zero-order valence-electron chi connectivity index (χ0n) is 13.6. The highest BCUT2D eigenvalue weighted by molar-refractivity contribution is 8.00. The van der Waals surface area contributed by atoms with Crippen LogP contribution in [0.25, 0.3) is 0 Å². The Bertz CT molecular complexity index is 735. The summed E-state index contributed by atoms with van der Waals surface area (Å²) in [6.07, 6.45) is 0. The fourth-order valence-corrected chi connectivity index (χ4v) is 3.20. The van der Waals surface area contributed by atoms with Crippen LogP contribution in [0, 0.1) is 0 Å². The largest absolute Gasteiger partial charge is 0.497 e. The Hall–Kier alpha value is -2.34. The highest BCUT2D eigenvalue weighted by Crippen LogP contribution is 2.35. The van der Waals surface area contributed by atoms with Gasteiger partial charge in [-0.3, -0.25) is 4.79 Å². The van der Waals surface area contributed by atoms with Crippen molar-refractivity contribution in [3.05, 3.63) is 42.5 Å². The Morgan fingerprint density at radius 2 is 1.96 bits per heavy atom. The van der Waals surface area contributed by atoms with Gasteiger partial charge in [-0.25, -0.2) is 0 Å². The van der Waals surface area contributed by atoms with E-state index < -0.39 is 0 Å². The summed E-state index contributed by atoms with van der Waals surface area (Å²) in [7, 11) is 1.60. The summed E-state index contributed by atoms with van der Waals surface area (Å²) in [6.45, 7) is 2.99. The molecule has 0 fully saturated rings. The minimum absolute atomic E-state index is 0.0665. The van der Waals surface area contributed by atoms with Gasteiger partial charge in [0.2, 0.25) is 5.91 Å². The molecule has 0 spiro atoms. The molecule has 1 heterocycles. The molecule has 1 aliphatic rings. The molecule has 1 amide bonds. The van der Waals surface area contributed by atoms with E-state index in [4.69, 9.17) is 14.2 Å². The van der Waals surface area contributed by atoms with Crippen LogP contribution in [0.5, 0.6) is 17.2 Å². The molecule has 6 heteroatoms. The van der Waals surface area contributed by atoms with Gasteiger partial charge in [0.15, 0.2) is 11.5 Å².